The molecule has 0 bridgehead atoms. The monoisotopic (exact) mass is 240 g/mol. The highest BCUT2D eigenvalue weighted by Crippen LogP contribution is 2.18. The Labute approximate surface area is 102 Å². The number of aliphatic hydroxyl groups is 2. The van der Waals surface area contributed by atoms with Gasteiger partial charge >= 0.3 is 0 Å². The largest absolute Gasteiger partial charge is 0.491 e. The predicted octanol–water partition coefficient (Wildman–Crippen LogP) is 1.52. The zero-order chi connectivity index (χ0) is 12.7. The van der Waals surface area contributed by atoms with E-state index >= 15 is 0 Å². The summed E-state index contributed by atoms with van der Waals surface area (Å²) in [6, 6.07) is 7.19. The van der Waals surface area contributed by atoms with Gasteiger partial charge in [0.15, 0.2) is 0 Å². The van der Waals surface area contributed by atoms with Crippen molar-refractivity contribution >= 4 is 0 Å². The summed E-state index contributed by atoms with van der Waals surface area (Å²) in [7, 11) is 0. The van der Waals surface area contributed by atoms with Gasteiger partial charge in [-0.15, -0.1) is 0 Å². The molecule has 0 aliphatic heterocycles. The molecule has 0 aliphatic carbocycles. The lowest BCUT2D eigenvalue weighted by molar-refractivity contribution is 0.0164. The van der Waals surface area contributed by atoms with E-state index in [0.29, 0.717) is 12.4 Å². The molecule has 1 rings (SSSR count). The summed E-state index contributed by atoms with van der Waals surface area (Å²) >= 11 is 0. The lowest BCUT2D eigenvalue weighted by atomic mass is 10.1. The number of rotatable bonds is 7. The Hall–Kier alpha value is -1.10. The van der Waals surface area contributed by atoms with Crippen LogP contribution in [0.25, 0.3) is 0 Å². The Morgan fingerprint density at radius 3 is 2.65 bits per heavy atom. The molecule has 0 radical (unpaired) electrons. The summed E-state index contributed by atoms with van der Waals surface area (Å²) in [6.07, 6.45) is -1.16. The molecule has 2 N–H and O–H groups in total. The Morgan fingerprint density at radius 1 is 1.24 bits per heavy atom. The van der Waals surface area contributed by atoms with Crippen LogP contribution in [0.2, 0.25) is 0 Å². The second-order valence-corrected chi connectivity index (χ2v) is 3.87. The highest BCUT2D eigenvalue weighted by Gasteiger charge is 2.06. The molecule has 0 saturated heterocycles. The first kappa shape index (κ1) is 14.0. The van der Waals surface area contributed by atoms with Crippen molar-refractivity contribution in [2.45, 2.75) is 26.1 Å². The lowest BCUT2D eigenvalue weighted by Gasteiger charge is -2.13. The lowest BCUT2D eigenvalue weighted by Crippen LogP contribution is -2.23. The second-order valence-electron chi connectivity index (χ2n) is 3.87. The van der Waals surface area contributed by atoms with Gasteiger partial charge < -0.3 is 19.7 Å². The average molecular weight is 240 g/mol. The van der Waals surface area contributed by atoms with Crippen molar-refractivity contribution in [1.82, 2.24) is 0 Å². The minimum absolute atomic E-state index is 0.184. The summed E-state index contributed by atoms with van der Waals surface area (Å²) in [5, 5.41) is 18.9. The maximum atomic E-state index is 9.52. The van der Waals surface area contributed by atoms with Crippen LogP contribution in [-0.4, -0.2) is 36.1 Å². The fourth-order valence-corrected chi connectivity index (χ4v) is 1.36. The summed E-state index contributed by atoms with van der Waals surface area (Å²) in [6.45, 7) is 4.60. The molecule has 1 aromatic carbocycles. The van der Waals surface area contributed by atoms with Gasteiger partial charge in [0.05, 0.1) is 12.7 Å². The molecule has 1 unspecified atom stereocenters. The van der Waals surface area contributed by atoms with E-state index in [2.05, 4.69) is 0 Å². The van der Waals surface area contributed by atoms with Crippen LogP contribution >= 0.6 is 0 Å². The quantitative estimate of drug-likeness (QED) is 0.758. The molecule has 1 aromatic rings. The summed E-state index contributed by atoms with van der Waals surface area (Å²) in [5.74, 6) is 0.638. The first-order valence-electron chi connectivity index (χ1n) is 5.80. The van der Waals surface area contributed by atoms with Crippen molar-refractivity contribution in [2.75, 3.05) is 19.8 Å². The third-order valence-electron chi connectivity index (χ3n) is 2.30. The number of benzene rings is 1. The third kappa shape index (κ3) is 5.17. The zero-order valence-corrected chi connectivity index (χ0v) is 10.3. The smallest absolute Gasteiger partial charge is 0.119 e. The Morgan fingerprint density at radius 2 is 2.00 bits per heavy atom. The van der Waals surface area contributed by atoms with E-state index in [-0.39, 0.29) is 13.2 Å². The number of ether oxygens (including phenoxy) is 2. The maximum absolute atomic E-state index is 9.52. The summed E-state index contributed by atoms with van der Waals surface area (Å²) < 4.78 is 10.5. The topological polar surface area (TPSA) is 58.9 Å². The van der Waals surface area contributed by atoms with Crippen LogP contribution in [0, 0.1) is 0 Å². The minimum Gasteiger partial charge on any atom is -0.491 e. The van der Waals surface area contributed by atoms with E-state index in [9.17, 15) is 10.2 Å². The van der Waals surface area contributed by atoms with Crippen LogP contribution in [0.5, 0.6) is 5.75 Å². The molecule has 0 saturated carbocycles. The van der Waals surface area contributed by atoms with Crippen molar-refractivity contribution in [1.29, 1.82) is 0 Å². The highest BCUT2D eigenvalue weighted by molar-refractivity contribution is 5.29. The Balaban J connectivity index is 2.43. The van der Waals surface area contributed by atoms with Gasteiger partial charge in [0.25, 0.3) is 0 Å². The van der Waals surface area contributed by atoms with Gasteiger partial charge in [-0.1, -0.05) is 12.1 Å². The van der Waals surface area contributed by atoms with Crippen LogP contribution in [-0.2, 0) is 4.74 Å². The van der Waals surface area contributed by atoms with E-state index in [1.807, 2.05) is 19.1 Å². The van der Waals surface area contributed by atoms with E-state index in [1.54, 1.807) is 19.1 Å². The summed E-state index contributed by atoms with van der Waals surface area (Å²) in [5.41, 5.74) is 0.793. The maximum Gasteiger partial charge on any atom is 0.119 e. The fourth-order valence-electron chi connectivity index (χ4n) is 1.36. The molecule has 0 amide bonds. The van der Waals surface area contributed by atoms with Crippen LogP contribution in [0.15, 0.2) is 24.3 Å². The molecule has 17 heavy (non-hydrogen) atoms. The van der Waals surface area contributed by atoms with Gasteiger partial charge in [0.2, 0.25) is 0 Å². The third-order valence-corrected chi connectivity index (χ3v) is 2.30. The normalized spacial score (nSPS) is 14.4. The Kier molecular flexibility index (Phi) is 5.97. The van der Waals surface area contributed by atoms with Crippen molar-refractivity contribution in [3.05, 3.63) is 29.8 Å². The molecular weight excluding hydrogens is 220 g/mol. The van der Waals surface area contributed by atoms with Crippen LogP contribution in [0.1, 0.15) is 25.5 Å². The molecule has 0 fully saturated rings. The van der Waals surface area contributed by atoms with Gasteiger partial charge in [-0.3, -0.25) is 0 Å². The van der Waals surface area contributed by atoms with E-state index in [4.69, 9.17) is 9.47 Å². The molecule has 4 nitrogen and oxygen atoms in total. The van der Waals surface area contributed by atoms with E-state index in [1.165, 1.54) is 0 Å². The standard InChI is InChI=1S/C13H20O4/c1-3-16-8-12(15)9-17-13-6-4-5-11(7-13)10(2)14/h4-7,10,12,14-15H,3,8-9H2,1-2H3/t10-,12?/m1/s1. The van der Waals surface area contributed by atoms with Crippen LogP contribution in [0.3, 0.4) is 0 Å². The van der Waals surface area contributed by atoms with Crippen LogP contribution in [0.4, 0.5) is 0 Å². The zero-order valence-electron chi connectivity index (χ0n) is 10.3. The first-order valence-corrected chi connectivity index (χ1v) is 5.80. The molecular formula is C13H20O4. The first-order chi connectivity index (χ1) is 8.13. The van der Waals surface area contributed by atoms with Gasteiger partial charge in [0.1, 0.15) is 18.5 Å². The molecule has 2 atom stereocenters. The van der Waals surface area contributed by atoms with Gasteiger partial charge in [-0.2, -0.15) is 0 Å². The Bertz CT molecular complexity index is 325. The molecule has 4 heteroatoms. The predicted molar refractivity (Wildman–Crippen MR) is 65.1 cm³/mol. The van der Waals surface area contributed by atoms with Crippen molar-refractivity contribution in [3.8, 4) is 5.75 Å². The number of aliphatic hydroxyl groups excluding tert-OH is 2. The van der Waals surface area contributed by atoms with Crippen molar-refractivity contribution in [3.63, 3.8) is 0 Å². The van der Waals surface area contributed by atoms with Crippen molar-refractivity contribution < 1.29 is 19.7 Å². The van der Waals surface area contributed by atoms with E-state index < -0.39 is 12.2 Å². The van der Waals surface area contributed by atoms with Gasteiger partial charge in [-0.25, -0.2) is 0 Å². The summed E-state index contributed by atoms with van der Waals surface area (Å²) in [4.78, 5) is 0. The van der Waals surface area contributed by atoms with Crippen LogP contribution < -0.4 is 4.74 Å². The number of hydrogen-bond acceptors (Lipinski definition) is 4. The minimum atomic E-state index is -0.634. The fraction of sp³-hybridized carbons (Fsp3) is 0.538. The second kappa shape index (κ2) is 7.27. The molecule has 0 spiro atoms. The number of hydrogen-bond donors (Lipinski definition) is 2. The van der Waals surface area contributed by atoms with E-state index in [0.717, 1.165) is 5.56 Å². The van der Waals surface area contributed by atoms with Gasteiger partial charge in [-0.05, 0) is 31.5 Å². The SMILES string of the molecule is CCOCC(O)COc1cccc([C@@H](C)O)c1. The average Bonchev–Trinajstić information content (AvgIpc) is 2.34. The van der Waals surface area contributed by atoms with Gasteiger partial charge in [0, 0.05) is 6.61 Å². The van der Waals surface area contributed by atoms with Crippen molar-refractivity contribution in [2.24, 2.45) is 0 Å². The highest BCUT2D eigenvalue weighted by atomic mass is 16.5. The molecule has 0 heterocycles. The molecule has 0 aromatic heterocycles. The molecule has 96 valence electrons. The molecule has 0 aliphatic rings.